The number of ether oxygens (including phenoxy) is 1. The molecule has 0 unspecified atom stereocenters. The lowest BCUT2D eigenvalue weighted by atomic mass is 10.0. The highest BCUT2D eigenvalue weighted by Crippen LogP contribution is 2.30. The van der Waals surface area contributed by atoms with Crippen LogP contribution in [0.2, 0.25) is 5.02 Å². The molecule has 0 saturated carbocycles. The second-order valence-corrected chi connectivity index (χ2v) is 7.56. The normalized spacial score (nSPS) is 17.3. The number of carbonyl (C=O) groups is 1. The number of halogens is 2. The van der Waals surface area contributed by atoms with Crippen LogP contribution >= 0.6 is 27.5 Å². The maximum atomic E-state index is 12.5. The number of benzene rings is 1. The molecule has 6 heteroatoms. The minimum Gasteiger partial charge on any atom is -0.476 e. The van der Waals surface area contributed by atoms with Crippen LogP contribution in [0.25, 0.3) is 0 Å². The Kier molecular flexibility index (Phi) is 5.75. The van der Waals surface area contributed by atoms with Crippen LogP contribution in [0.4, 0.5) is 0 Å². The zero-order valence-corrected chi connectivity index (χ0v) is 15.5. The molecule has 1 heterocycles. The molecule has 2 rings (SSSR count). The van der Waals surface area contributed by atoms with Crippen LogP contribution in [0.5, 0.6) is 5.75 Å². The van der Waals surface area contributed by atoms with Crippen LogP contribution in [0.15, 0.2) is 22.7 Å². The highest BCUT2D eigenvalue weighted by atomic mass is 79.9. The van der Waals surface area contributed by atoms with Crippen LogP contribution < -0.4 is 10.1 Å². The van der Waals surface area contributed by atoms with Crippen molar-refractivity contribution in [3.8, 4) is 5.75 Å². The Bertz CT molecular complexity index is 543. The zero-order chi connectivity index (χ0) is 16.3. The fourth-order valence-corrected chi connectivity index (χ4v) is 3.10. The lowest BCUT2D eigenvalue weighted by Gasteiger charge is -2.32. The summed E-state index contributed by atoms with van der Waals surface area (Å²) in [6.45, 7) is 5.53. The molecule has 1 aromatic rings. The van der Waals surface area contributed by atoms with Gasteiger partial charge >= 0.3 is 0 Å². The number of carbonyl (C=O) groups excluding carboxylic acids is 1. The summed E-state index contributed by atoms with van der Waals surface area (Å²) < 4.78 is 6.71. The standard InChI is InChI=1S/C16H22BrClN2O2/c1-16(2,22-14-5-4-11(17)10-13(14)18)15(21)19-12-6-8-20(3)9-7-12/h4-5,10,12H,6-9H2,1-3H3,(H,19,21). The molecule has 1 amide bonds. The fourth-order valence-electron chi connectivity index (χ4n) is 2.39. The monoisotopic (exact) mass is 388 g/mol. The second kappa shape index (κ2) is 7.20. The summed E-state index contributed by atoms with van der Waals surface area (Å²) in [5, 5.41) is 3.57. The summed E-state index contributed by atoms with van der Waals surface area (Å²) in [5.74, 6) is 0.398. The van der Waals surface area contributed by atoms with Crippen LogP contribution in [-0.4, -0.2) is 42.6 Å². The largest absolute Gasteiger partial charge is 0.476 e. The van der Waals surface area contributed by atoms with Crippen molar-refractivity contribution in [3.05, 3.63) is 27.7 Å². The first-order valence-electron chi connectivity index (χ1n) is 7.41. The maximum Gasteiger partial charge on any atom is 0.263 e. The summed E-state index contributed by atoms with van der Waals surface area (Å²) in [6, 6.07) is 5.57. The topological polar surface area (TPSA) is 41.6 Å². The first-order valence-corrected chi connectivity index (χ1v) is 8.58. The van der Waals surface area contributed by atoms with Crippen molar-refractivity contribution in [1.82, 2.24) is 10.2 Å². The van der Waals surface area contributed by atoms with Crippen LogP contribution in [-0.2, 0) is 4.79 Å². The van der Waals surface area contributed by atoms with E-state index < -0.39 is 5.60 Å². The van der Waals surface area contributed by atoms with E-state index in [2.05, 4.69) is 33.2 Å². The van der Waals surface area contributed by atoms with Gasteiger partial charge in [0.2, 0.25) is 0 Å². The summed E-state index contributed by atoms with van der Waals surface area (Å²) in [4.78, 5) is 14.8. The lowest BCUT2D eigenvalue weighted by Crippen LogP contribution is -2.52. The Hall–Kier alpha value is -0.780. The molecule has 1 saturated heterocycles. The van der Waals surface area contributed by atoms with Gasteiger partial charge in [0, 0.05) is 10.5 Å². The van der Waals surface area contributed by atoms with Gasteiger partial charge in [-0.1, -0.05) is 27.5 Å². The summed E-state index contributed by atoms with van der Waals surface area (Å²) >= 11 is 9.51. The maximum absolute atomic E-state index is 12.5. The number of amides is 1. The molecule has 122 valence electrons. The molecule has 0 radical (unpaired) electrons. The molecule has 1 fully saturated rings. The third-order valence-electron chi connectivity index (χ3n) is 3.86. The van der Waals surface area contributed by atoms with Crippen molar-refractivity contribution < 1.29 is 9.53 Å². The molecule has 0 spiro atoms. The molecule has 1 aromatic carbocycles. The molecular formula is C16H22BrClN2O2. The summed E-state index contributed by atoms with van der Waals surface area (Å²) in [7, 11) is 2.10. The van der Waals surface area contributed by atoms with Crippen LogP contribution in [0.3, 0.4) is 0 Å². The first-order chi connectivity index (χ1) is 10.3. The molecule has 4 nitrogen and oxygen atoms in total. The van der Waals surface area contributed by atoms with Crippen molar-refractivity contribution >= 4 is 33.4 Å². The number of nitrogens with zero attached hydrogens (tertiary/aromatic N) is 1. The fraction of sp³-hybridized carbons (Fsp3) is 0.562. The highest BCUT2D eigenvalue weighted by molar-refractivity contribution is 9.10. The van der Waals surface area contributed by atoms with E-state index in [9.17, 15) is 4.79 Å². The van der Waals surface area contributed by atoms with Crippen molar-refractivity contribution in [2.45, 2.75) is 38.3 Å². The number of piperidine rings is 1. The van der Waals surface area contributed by atoms with E-state index in [1.807, 2.05) is 6.07 Å². The molecule has 22 heavy (non-hydrogen) atoms. The predicted molar refractivity (Wildman–Crippen MR) is 92.5 cm³/mol. The van der Waals surface area contributed by atoms with E-state index in [4.69, 9.17) is 16.3 Å². The summed E-state index contributed by atoms with van der Waals surface area (Å²) in [5.41, 5.74) is -0.971. The van der Waals surface area contributed by atoms with E-state index in [-0.39, 0.29) is 11.9 Å². The Morgan fingerprint density at radius 3 is 2.64 bits per heavy atom. The van der Waals surface area contributed by atoms with Crippen molar-refractivity contribution in [2.24, 2.45) is 0 Å². The van der Waals surface area contributed by atoms with E-state index in [0.29, 0.717) is 10.8 Å². The first kappa shape index (κ1) is 17.6. The zero-order valence-electron chi connectivity index (χ0n) is 13.2. The highest BCUT2D eigenvalue weighted by Gasteiger charge is 2.32. The third-order valence-corrected chi connectivity index (χ3v) is 4.65. The molecular weight excluding hydrogens is 368 g/mol. The van der Waals surface area contributed by atoms with Gasteiger partial charge in [0.15, 0.2) is 5.60 Å². The van der Waals surface area contributed by atoms with Crippen LogP contribution in [0.1, 0.15) is 26.7 Å². The average Bonchev–Trinajstić information content (AvgIpc) is 2.44. The molecule has 0 bridgehead atoms. The third kappa shape index (κ3) is 4.61. The summed E-state index contributed by atoms with van der Waals surface area (Å²) in [6.07, 6.45) is 1.94. The number of rotatable bonds is 4. The number of likely N-dealkylation sites (tertiary alicyclic amines) is 1. The van der Waals surface area contributed by atoms with Crippen molar-refractivity contribution in [1.29, 1.82) is 0 Å². The quantitative estimate of drug-likeness (QED) is 0.857. The Morgan fingerprint density at radius 1 is 1.41 bits per heavy atom. The van der Waals surface area contributed by atoms with E-state index >= 15 is 0 Å². The average molecular weight is 390 g/mol. The molecule has 1 aliphatic heterocycles. The predicted octanol–water partition coefficient (Wildman–Crippen LogP) is 3.47. The number of hydrogen-bond donors (Lipinski definition) is 1. The van der Waals surface area contributed by atoms with E-state index in [0.717, 1.165) is 30.4 Å². The van der Waals surface area contributed by atoms with Gasteiger partial charge in [-0.2, -0.15) is 0 Å². The lowest BCUT2D eigenvalue weighted by molar-refractivity contribution is -0.135. The van der Waals surface area contributed by atoms with Gasteiger partial charge in [-0.05, 0) is 65.0 Å². The Morgan fingerprint density at radius 2 is 2.05 bits per heavy atom. The number of hydrogen-bond acceptors (Lipinski definition) is 3. The van der Waals surface area contributed by atoms with Crippen molar-refractivity contribution in [3.63, 3.8) is 0 Å². The van der Waals surface area contributed by atoms with E-state index in [1.54, 1.807) is 26.0 Å². The van der Waals surface area contributed by atoms with Crippen LogP contribution in [0, 0.1) is 0 Å². The van der Waals surface area contributed by atoms with Gasteiger partial charge in [-0.15, -0.1) is 0 Å². The van der Waals surface area contributed by atoms with Gasteiger partial charge in [0.1, 0.15) is 5.75 Å². The molecule has 0 aliphatic carbocycles. The Labute approximate surface area is 145 Å². The molecule has 0 atom stereocenters. The molecule has 0 aromatic heterocycles. The molecule has 1 N–H and O–H groups in total. The van der Waals surface area contributed by atoms with Gasteiger partial charge in [0.05, 0.1) is 5.02 Å². The van der Waals surface area contributed by atoms with Gasteiger partial charge in [-0.3, -0.25) is 4.79 Å². The molecule has 1 aliphatic rings. The van der Waals surface area contributed by atoms with E-state index in [1.165, 1.54) is 0 Å². The minimum atomic E-state index is -0.971. The van der Waals surface area contributed by atoms with Gasteiger partial charge < -0.3 is 15.0 Å². The second-order valence-electron chi connectivity index (χ2n) is 6.24. The minimum absolute atomic E-state index is 0.110. The van der Waals surface area contributed by atoms with Crippen molar-refractivity contribution in [2.75, 3.05) is 20.1 Å². The van der Waals surface area contributed by atoms with Gasteiger partial charge in [-0.25, -0.2) is 0 Å². The number of nitrogens with one attached hydrogen (secondary N) is 1. The Balaban J connectivity index is 1.98. The smallest absolute Gasteiger partial charge is 0.263 e. The van der Waals surface area contributed by atoms with Gasteiger partial charge in [0.25, 0.3) is 5.91 Å². The SMILES string of the molecule is CN1CCC(NC(=O)C(C)(C)Oc2ccc(Br)cc2Cl)CC1.